The van der Waals surface area contributed by atoms with Crippen molar-refractivity contribution in [2.24, 2.45) is 7.05 Å². The zero-order valence-corrected chi connectivity index (χ0v) is 10.4. The van der Waals surface area contributed by atoms with Crippen molar-refractivity contribution < 1.29 is 4.92 Å². The standard InChI is InChI=1S/C11H11ClN4O2/c1-15-7-8(6-14-15)5-13-9-2-3-10(12)11(4-9)16(17)18/h2-4,6-7,13H,5H2,1H3. The number of nitro benzene ring substituents is 1. The first kappa shape index (κ1) is 12.4. The van der Waals surface area contributed by atoms with E-state index in [2.05, 4.69) is 10.4 Å². The highest BCUT2D eigenvalue weighted by atomic mass is 35.5. The molecule has 0 bridgehead atoms. The summed E-state index contributed by atoms with van der Waals surface area (Å²) in [5.74, 6) is 0. The van der Waals surface area contributed by atoms with Crippen LogP contribution in [0.25, 0.3) is 0 Å². The first-order valence-electron chi connectivity index (χ1n) is 5.21. The summed E-state index contributed by atoms with van der Waals surface area (Å²) < 4.78 is 1.70. The number of anilines is 1. The molecule has 0 saturated carbocycles. The fourth-order valence-corrected chi connectivity index (χ4v) is 1.72. The Morgan fingerprint density at radius 3 is 2.94 bits per heavy atom. The maximum absolute atomic E-state index is 10.7. The second-order valence-electron chi connectivity index (χ2n) is 3.80. The lowest BCUT2D eigenvalue weighted by molar-refractivity contribution is -0.384. The highest BCUT2D eigenvalue weighted by molar-refractivity contribution is 6.32. The lowest BCUT2D eigenvalue weighted by Crippen LogP contribution is -1.99. The topological polar surface area (TPSA) is 73.0 Å². The van der Waals surface area contributed by atoms with E-state index in [0.29, 0.717) is 12.2 Å². The molecule has 0 fully saturated rings. The third-order valence-corrected chi connectivity index (χ3v) is 2.72. The lowest BCUT2D eigenvalue weighted by atomic mass is 10.2. The Kier molecular flexibility index (Phi) is 3.47. The number of aryl methyl sites for hydroxylation is 1. The molecule has 2 aromatic rings. The predicted molar refractivity (Wildman–Crippen MR) is 68.6 cm³/mol. The van der Waals surface area contributed by atoms with Crippen molar-refractivity contribution in [3.8, 4) is 0 Å². The molecule has 94 valence electrons. The van der Waals surface area contributed by atoms with E-state index in [-0.39, 0.29) is 10.7 Å². The van der Waals surface area contributed by atoms with E-state index in [1.165, 1.54) is 12.1 Å². The van der Waals surface area contributed by atoms with E-state index >= 15 is 0 Å². The van der Waals surface area contributed by atoms with Gasteiger partial charge in [0.1, 0.15) is 5.02 Å². The largest absolute Gasteiger partial charge is 0.381 e. The fourth-order valence-electron chi connectivity index (χ4n) is 1.53. The third-order valence-electron chi connectivity index (χ3n) is 2.40. The summed E-state index contributed by atoms with van der Waals surface area (Å²) in [5, 5.41) is 18.0. The number of halogens is 1. The van der Waals surface area contributed by atoms with Crippen LogP contribution in [0.1, 0.15) is 5.56 Å². The van der Waals surface area contributed by atoms with Gasteiger partial charge >= 0.3 is 0 Å². The van der Waals surface area contributed by atoms with E-state index in [1.54, 1.807) is 16.9 Å². The maximum atomic E-state index is 10.7. The minimum Gasteiger partial charge on any atom is -0.381 e. The molecule has 1 N–H and O–H groups in total. The van der Waals surface area contributed by atoms with Gasteiger partial charge in [0.2, 0.25) is 0 Å². The maximum Gasteiger partial charge on any atom is 0.289 e. The van der Waals surface area contributed by atoms with Crippen molar-refractivity contribution >= 4 is 23.0 Å². The van der Waals surface area contributed by atoms with Gasteiger partial charge in [0.25, 0.3) is 5.69 Å². The van der Waals surface area contributed by atoms with Gasteiger partial charge in [0.15, 0.2) is 0 Å². The van der Waals surface area contributed by atoms with E-state index in [4.69, 9.17) is 11.6 Å². The molecular weight excluding hydrogens is 256 g/mol. The molecule has 6 nitrogen and oxygen atoms in total. The first-order chi connectivity index (χ1) is 8.56. The zero-order valence-electron chi connectivity index (χ0n) is 9.63. The smallest absolute Gasteiger partial charge is 0.289 e. The van der Waals surface area contributed by atoms with Gasteiger partial charge in [-0.25, -0.2) is 0 Å². The second kappa shape index (κ2) is 5.05. The monoisotopic (exact) mass is 266 g/mol. The number of nitro groups is 1. The number of benzene rings is 1. The summed E-state index contributed by atoms with van der Waals surface area (Å²) >= 11 is 5.73. The molecule has 1 heterocycles. The Hall–Kier alpha value is -2.08. The second-order valence-corrected chi connectivity index (χ2v) is 4.21. The van der Waals surface area contributed by atoms with E-state index in [1.807, 2.05) is 13.2 Å². The molecule has 0 amide bonds. The van der Waals surface area contributed by atoms with E-state index in [0.717, 1.165) is 5.56 Å². The Morgan fingerprint density at radius 1 is 1.56 bits per heavy atom. The van der Waals surface area contributed by atoms with E-state index in [9.17, 15) is 10.1 Å². The third kappa shape index (κ3) is 2.78. The minimum atomic E-state index is -0.502. The van der Waals surface area contributed by atoms with Gasteiger partial charge in [0.05, 0.1) is 11.1 Å². The van der Waals surface area contributed by atoms with Crippen LogP contribution in [0.3, 0.4) is 0 Å². The highest BCUT2D eigenvalue weighted by Gasteiger charge is 2.12. The van der Waals surface area contributed by atoms with Gasteiger partial charge in [-0.1, -0.05) is 11.6 Å². The van der Waals surface area contributed by atoms with Gasteiger partial charge < -0.3 is 5.32 Å². The fraction of sp³-hybridized carbons (Fsp3) is 0.182. The summed E-state index contributed by atoms with van der Waals surface area (Å²) in [7, 11) is 1.83. The number of aromatic nitrogens is 2. The molecule has 0 saturated heterocycles. The van der Waals surface area contributed by atoms with Crippen molar-refractivity contribution in [1.82, 2.24) is 9.78 Å². The molecule has 1 aromatic heterocycles. The summed E-state index contributed by atoms with van der Waals surface area (Å²) in [6.07, 6.45) is 3.61. The van der Waals surface area contributed by atoms with Crippen LogP contribution in [0.5, 0.6) is 0 Å². The summed E-state index contributed by atoms with van der Waals surface area (Å²) in [6, 6.07) is 4.62. The first-order valence-corrected chi connectivity index (χ1v) is 5.59. The quantitative estimate of drug-likeness (QED) is 0.682. The van der Waals surface area contributed by atoms with Crippen molar-refractivity contribution in [2.45, 2.75) is 6.54 Å². The Morgan fingerprint density at radius 2 is 2.33 bits per heavy atom. The number of hydrogen-bond acceptors (Lipinski definition) is 4. The molecule has 0 atom stereocenters. The molecule has 0 aliphatic carbocycles. The molecule has 0 aliphatic heterocycles. The summed E-state index contributed by atoms with van der Waals surface area (Å²) in [5.41, 5.74) is 1.54. The zero-order chi connectivity index (χ0) is 13.1. The van der Waals surface area contributed by atoms with E-state index < -0.39 is 4.92 Å². The van der Waals surface area contributed by atoms with Crippen molar-refractivity contribution in [3.63, 3.8) is 0 Å². The molecule has 7 heteroatoms. The van der Waals surface area contributed by atoms with Gasteiger partial charge in [-0.15, -0.1) is 0 Å². The van der Waals surface area contributed by atoms with Gasteiger partial charge in [-0.05, 0) is 12.1 Å². The van der Waals surface area contributed by atoms with Crippen LogP contribution in [0.2, 0.25) is 5.02 Å². The van der Waals surface area contributed by atoms with Gasteiger partial charge in [-0.3, -0.25) is 14.8 Å². The Balaban J connectivity index is 2.10. The lowest BCUT2D eigenvalue weighted by Gasteiger charge is -2.05. The highest BCUT2D eigenvalue weighted by Crippen LogP contribution is 2.27. The minimum absolute atomic E-state index is 0.104. The van der Waals surface area contributed by atoms with Gasteiger partial charge in [0, 0.05) is 37.1 Å². The molecule has 2 rings (SSSR count). The Labute approximate surface area is 108 Å². The van der Waals surface area contributed by atoms with Crippen LogP contribution in [-0.2, 0) is 13.6 Å². The molecule has 0 unspecified atom stereocenters. The number of nitrogens with zero attached hydrogens (tertiary/aromatic N) is 3. The molecule has 0 aliphatic rings. The van der Waals surface area contributed by atoms with Gasteiger partial charge in [-0.2, -0.15) is 5.10 Å². The number of nitrogens with one attached hydrogen (secondary N) is 1. The normalized spacial score (nSPS) is 10.3. The molecule has 0 radical (unpaired) electrons. The van der Waals surface area contributed by atoms with Crippen LogP contribution in [0, 0.1) is 10.1 Å². The Bertz CT molecular complexity index is 582. The van der Waals surface area contributed by atoms with Crippen LogP contribution >= 0.6 is 11.6 Å². The van der Waals surface area contributed by atoms with Crippen LogP contribution in [0.15, 0.2) is 30.6 Å². The molecule has 0 spiro atoms. The van der Waals surface area contributed by atoms with Crippen LogP contribution in [-0.4, -0.2) is 14.7 Å². The van der Waals surface area contributed by atoms with Crippen LogP contribution in [0.4, 0.5) is 11.4 Å². The molecule has 1 aromatic carbocycles. The van der Waals surface area contributed by atoms with Crippen molar-refractivity contribution in [3.05, 3.63) is 51.3 Å². The van der Waals surface area contributed by atoms with Crippen LogP contribution < -0.4 is 5.32 Å². The average Bonchev–Trinajstić information content (AvgIpc) is 2.74. The van der Waals surface area contributed by atoms with Crippen molar-refractivity contribution in [2.75, 3.05) is 5.32 Å². The summed E-state index contributed by atoms with van der Waals surface area (Å²) in [4.78, 5) is 10.2. The average molecular weight is 267 g/mol. The number of hydrogen-bond donors (Lipinski definition) is 1. The number of rotatable bonds is 4. The van der Waals surface area contributed by atoms with Crippen molar-refractivity contribution in [1.29, 1.82) is 0 Å². The summed E-state index contributed by atoms with van der Waals surface area (Å²) in [6.45, 7) is 0.548. The molecular formula is C11H11ClN4O2. The molecule has 18 heavy (non-hydrogen) atoms. The SMILES string of the molecule is Cn1cc(CNc2ccc(Cl)c([N+](=O)[O-])c2)cn1. The predicted octanol–water partition coefficient (Wildman–Crippen LogP) is 2.59.